The summed E-state index contributed by atoms with van der Waals surface area (Å²) in [6.45, 7) is 4.94. The first-order chi connectivity index (χ1) is 16.5. The van der Waals surface area contributed by atoms with Gasteiger partial charge in [0.1, 0.15) is 6.54 Å². The largest absolute Gasteiger partial charge is 0.462 e. The lowest BCUT2D eigenvalue weighted by Gasteiger charge is -2.26. The first-order valence-corrected chi connectivity index (χ1v) is 12.8. The van der Waals surface area contributed by atoms with Gasteiger partial charge in [-0.15, -0.1) is 0 Å². The lowest BCUT2D eigenvalue weighted by Crippen LogP contribution is -2.38. The zero-order chi connectivity index (χ0) is 25.8. The van der Waals surface area contributed by atoms with Crippen molar-refractivity contribution in [2.45, 2.75) is 25.7 Å². The monoisotopic (exact) mass is 534 g/mol. The summed E-state index contributed by atoms with van der Waals surface area (Å²) in [6, 6.07) is 15.4. The van der Waals surface area contributed by atoms with Gasteiger partial charge in [0.25, 0.3) is 10.0 Å². The topological polar surface area (TPSA) is 92.8 Å². The van der Waals surface area contributed by atoms with Gasteiger partial charge in [-0.2, -0.15) is 0 Å². The highest BCUT2D eigenvalue weighted by Gasteiger charge is 2.29. The van der Waals surface area contributed by atoms with E-state index < -0.39 is 28.4 Å². The standard InChI is InChI=1S/C25H24Cl2N2O5S/c1-4-34-25(31)18-8-12-22(21(27)13-18)28-24(30)15-29(23-14-19(26)9-7-17(23)3)35(32,33)20-10-5-16(2)6-11-20/h5-14H,4,15H2,1-3H3,(H,28,30). The highest BCUT2D eigenvalue weighted by Crippen LogP contribution is 2.30. The number of nitrogens with zero attached hydrogens (tertiary/aromatic N) is 1. The van der Waals surface area contributed by atoms with E-state index in [1.807, 2.05) is 6.92 Å². The number of benzene rings is 3. The first-order valence-electron chi connectivity index (χ1n) is 10.6. The van der Waals surface area contributed by atoms with Crippen LogP contribution in [0, 0.1) is 13.8 Å². The SMILES string of the molecule is CCOC(=O)c1ccc(NC(=O)CN(c2cc(Cl)ccc2C)S(=O)(=O)c2ccc(C)cc2)c(Cl)c1. The minimum absolute atomic E-state index is 0.0343. The number of halogens is 2. The Morgan fingerprint density at radius 3 is 2.29 bits per heavy atom. The van der Waals surface area contributed by atoms with Gasteiger partial charge in [0.05, 0.1) is 33.5 Å². The van der Waals surface area contributed by atoms with Gasteiger partial charge < -0.3 is 10.1 Å². The molecule has 7 nitrogen and oxygen atoms in total. The van der Waals surface area contributed by atoms with Crippen LogP contribution in [0.25, 0.3) is 0 Å². The summed E-state index contributed by atoms with van der Waals surface area (Å²) in [5.41, 5.74) is 2.24. The molecule has 0 aromatic heterocycles. The molecule has 3 aromatic carbocycles. The fourth-order valence-corrected chi connectivity index (χ4v) is 5.14. The number of carbonyl (C=O) groups excluding carboxylic acids is 2. The summed E-state index contributed by atoms with van der Waals surface area (Å²) in [5, 5.41) is 3.05. The van der Waals surface area contributed by atoms with Crippen molar-refractivity contribution in [2.24, 2.45) is 0 Å². The Labute approximate surface area is 214 Å². The van der Waals surface area contributed by atoms with Crippen molar-refractivity contribution in [2.75, 3.05) is 22.8 Å². The Hall–Kier alpha value is -3.07. The van der Waals surface area contributed by atoms with Crippen LogP contribution in [0.5, 0.6) is 0 Å². The number of carbonyl (C=O) groups is 2. The Bertz CT molecular complexity index is 1360. The van der Waals surface area contributed by atoms with E-state index >= 15 is 0 Å². The highest BCUT2D eigenvalue weighted by molar-refractivity contribution is 7.92. The van der Waals surface area contributed by atoms with Crippen LogP contribution < -0.4 is 9.62 Å². The molecule has 0 aliphatic rings. The number of ether oxygens (including phenoxy) is 1. The molecule has 1 N–H and O–H groups in total. The number of sulfonamides is 1. The van der Waals surface area contributed by atoms with Gasteiger partial charge in [0.15, 0.2) is 0 Å². The van der Waals surface area contributed by atoms with Gasteiger partial charge in [-0.05, 0) is 68.8 Å². The molecule has 0 unspecified atom stereocenters. The maximum Gasteiger partial charge on any atom is 0.338 e. The summed E-state index contributed by atoms with van der Waals surface area (Å²) in [5.74, 6) is -1.18. The molecule has 3 aromatic rings. The Morgan fingerprint density at radius 1 is 0.971 bits per heavy atom. The van der Waals surface area contributed by atoms with Crippen molar-refractivity contribution in [3.63, 3.8) is 0 Å². The molecular formula is C25H24Cl2N2O5S. The lowest BCUT2D eigenvalue weighted by molar-refractivity contribution is -0.114. The molecule has 0 saturated heterocycles. The second kappa shape index (κ2) is 11.1. The molecule has 184 valence electrons. The van der Waals surface area contributed by atoms with Crippen molar-refractivity contribution in [1.29, 1.82) is 0 Å². The number of hydrogen-bond acceptors (Lipinski definition) is 5. The second-order valence-corrected chi connectivity index (χ2v) is 10.4. The van der Waals surface area contributed by atoms with E-state index in [0.29, 0.717) is 10.6 Å². The summed E-state index contributed by atoms with van der Waals surface area (Å²) < 4.78 is 33.1. The van der Waals surface area contributed by atoms with E-state index in [1.54, 1.807) is 38.1 Å². The summed E-state index contributed by atoms with van der Waals surface area (Å²) >= 11 is 12.4. The number of esters is 1. The molecule has 0 radical (unpaired) electrons. The minimum atomic E-state index is -4.11. The van der Waals surface area contributed by atoms with Gasteiger partial charge in [0.2, 0.25) is 5.91 Å². The van der Waals surface area contributed by atoms with E-state index in [4.69, 9.17) is 27.9 Å². The number of hydrogen-bond donors (Lipinski definition) is 1. The number of aryl methyl sites for hydroxylation is 2. The molecule has 0 atom stereocenters. The van der Waals surface area contributed by atoms with E-state index in [9.17, 15) is 18.0 Å². The first kappa shape index (κ1) is 26.5. The van der Waals surface area contributed by atoms with Crippen LogP contribution in [0.3, 0.4) is 0 Å². The molecule has 0 fully saturated rings. The van der Waals surface area contributed by atoms with Gasteiger partial charge in [-0.3, -0.25) is 9.10 Å². The highest BCUT2D eigenvalue weighted by atomic mass is 35.5. The third-order valence-corrected chi connectivity index (χ3v) is 7.41. The maximum atomic E-state index is 13.6. The molecule has 0 bridgehead atoms. The third kappa shape index (κ3) is 6.33. The fraction of sp³-hybridized carbons (Fsp3) is 0.200. The van der Waals surface area contributed by atoms with E-state index in [2.05, 4.69) is 5.32 Å². The number of anilines is 2. The van der Waals surface area contributed by atoms with Crippen molar-refractivity contribution in [3.05, 3.63) is 87.4 Å². The smallest absolute Gasteiger partial charge is 0.338 e. The molecule has 10 heteroatoms. The zero-order valence-corrected chi connectivity index (χ0v) is 21.7. The van der Waals surface area contributed by atoms with Crippen LogP contribution >= 0.6 is 23.2 Å². The summed E-state index contributed by atoms with van der Waals surface area (Å²) in [6.07, 6.45) is 0. The van der Waals surface area contributed by atoms with Crippen molar-refractivity contribution in [1.82, 2.24) is 0 Å². The molecule has 3 rings (SSSR count). The molecule has 0 spiro atoms. The molecule has 0 heterocycles. The number of rotatable bonds is 8. The average molecular weight is 535 g/mol. The molecule has 0 saturated carbocycles. The fourth-order valence-electron chi connectivity index (χ4n) is 3.27. The predicted molar refractivity (Wildman–Crippen MR) is 138 cm³/mol. The minimum Gasteiger partial charge on any atom is -0.462 e. The normalized spacial score (nSPS) is 11.1. The average Bonchev–Trinajstić information content (AvgIpc) is 2.81. The predicted octanol–water partition coefficient (Wildman–Crippen LogP) is 5.62. The van der Waals surface area contributed by atoms with Crippen LogP contribution in [0.1, 0.15) is 28.4 Å². The van der Waals surface area contributed by atoms with Crippen LogP contribution in [-0.2, 0) is 19.6 Å². The maximum absolute atomic E-state index is 13.6. The van der Waals surface area contributed by atoms with E-state index in [1.165, 1.54) is 36.4 Å². The van der Waals surface area contributed by atoms with E-state index in [-0.39, 0.29) is 33.5 Å². The Morgan fingerprint density at radius 2 is 1.66 bits per heavy atom. The molecule has 35 heavy (non-hydrogen) atoms. The van der Waals surface area contributed by atoms with Crippen LogP contribution in [0.4, 0.5) is 11.4 Å². The van der Waals surface area contributed by atoms with Crippen molar-refractivity contribution in [3.8, 4) is 0 Å². The van der Waals surface area contributed by atoms with Crippen LogP contribution in [-0.4, -0.2) is 33.4 Å². The molecule has 0 aliphatic heterocycles. The quantitative estimate of drug-likeness (QED) is 0.378. The molecule has 0 aliphatic carbocycles. The number of nitrogens with one attached hydrogen (secondary N) is 1. The number of amides is 1. The summed E-state index contributed by atoms with van der Waals surface area (Å²) in [7, 11) is -4.11. The van der Waals surface area contributed by atoms with Gasteiger partial charge in [-0.1, -0.05) is 47.0 Å². The van der Waals surface area contributed by atoms with Gasteiger partial charge in [-0.25, -0.2) is 13.2 Å². The lowest BCUT2D eigenvalue weighted by atomic mass is 10.2. The molecular weight excluding hydrogens is 511 g/mol. The zero-order valence-electron chi connectivity index (χ0n) is 19.3. The third-order valence-electron chi connectivity index (χ3n) is 5.09. The second-order valence-electron chi connectivity index (χ2n) is 7.72. The molecule has 1 amide bonds. The van der Waals surface area contributed by atoms with Crippen LogP contribution in [0.15, 0.2) is 65.6 Å². The van der Waals surface area contributed by atoms with Gasteiger partial charge >= 0.3 is 5.97 Å². The Kier molecular flexibility index (Phi) is 8.43. The van der Waals surface area contributed by atoms with Gasteiger partial charge in [0, 0.05) is 5.02 Å². The summed E-state index contributed by atoms with van der Waals surface area (Å²) in [4.78, 5) is 24.9. The van der Waals surface area contributed by atoms with Crippen molar-refractivity contribution >= 4 is 56.5 Å². The van der Waals surface area contributed by atoms with E-state index in [0.717, 1.165) is 9.87 Å². The van der Waals surface area contributed by atoms with Crippen molar-refractivity contribution < 1.29 is 22.7 Å². The Balaban J connectivity index is 1.94. The van der Waals surface area contributed by atoms with Crippen LogP contribution in [0.2, 0.25) is 10.0 Å².